The van der Waals surface area contributed by atoms with Crippen molar-refractivity contribution < 1.29 is 9.47 Å². The lowest BCUT2D eigenvalue weighted by Crippen LogP contribution is -2.17. The first-order valence-corrected chi connectivity index (χ1v) is 12.7. The molecule has 2 heterocycles. The molecule has 2 aromatic carbocycles. The van der Waals surface area contributed by atoms with Gasteiger partial charge in [-0.2, -0.15) is 0 Å². The molecule has 0 atom stereocenters. The number of para-hydroxylation sites is 1. The summed E-state index contributed by atoms with van der Waals surface area (Å²) in [5.74, 6) is 1.30. The highest BCUT2D eigenvalue weighted by Gasteiger charge is 2.18. The Labute approximate surface area is 220 Å². The van der Waals surface area contributed by atoms with Crippen LogP contribution in [0.2, 0.25) is 4.34 Å². The monoisotopic (exact) mass is 523 g/mol. The molecule has 0 fully saturated rings. The lowest BCUT2D eigenvalue weighted by Gasteiger charge is -2.21. The van der Waals surface area contributed by atoms with Crippen molar-refractivity contribution in [3.63, 3.8) is 0 Å². The van der Waals surface area contributed by atoms with Crippen molar-refractivity contribution >= 4 is 45.7 Å². The fourth-order valence-corrected chi connectivity index (χ4v) is 4.70. The van der Waals surface area contributed by atoms with Gasteiger partial charge < -0.3 is 14.4 Å². The Bertz CT molecular complexity index is 1460. The van der Waals surface area contributed by atoms with Crippen LogP contribution in [0.15, 0.2) is 53.5 Å². The first-order valence-electron chi connectivity index (χ1n) is 11.5. The number of hydrogen-bond acceptors (Lipinski definition) is 6. The van der Waals surface area contributed by atoms with Gasteiger partial charge in [-0.3, -0.25) is 9.20 Å². The number of methoxy groups -OCH3 is 1. The van der Waals surface area contributed by atoms with E-state index in [1.165, 1.54) is 15.7 Å². The highest BCUT2D eigenvalue weighted by Crippen LogP contribution is 2.34. The van der Waals surface area contributed by atoms with E-state index in [0.717, 1.165) is 16.8 Å². The van der Waals surface area contributed by atoms with Gasteiger partial charge in [0.2, 0.25) is 0 Å². The van der Waals surface area contributed by atoms with E-state index < -0.39 is 0 Å². The van der Waals surface area contributed by atoms with Crippen LogP contribution in [0.5, 0.6) is 11.5 Å². The summed E-state index contributed by atoms with van der Waals surface area (Å²) in [5, 5.41) is 0. The van der Waals surface area contributed by atoms with Crippen LogP contribution in [0.4, 0.5) is 5.69 Å². The van der Waals surface area contributed by atoms with Gasteiger partial charge in [-0.25, -0.2) is 4.98 Å². The maximum atomic E-state index is 13.6. The third-order valence-electron chi connectivity index (χ3n) is 5.50. The summed E-state index contributed by atoms with van der Waals surface area (Å²) in [6.07, 6.45) is 5.37. The number of anilines is 1. The van der Waals surface area contributed by atoms with Gasteiger partial charge in [0.1, 0.15) is 4.34 Å². The fourth-order valence-electron chi connectivity index (χ4n) is 3.69. The third kappa shape index (κ3) is 5.58. The molecule has 2 aromatic heterocycles. The highest BCUT2D eigenvalue weighted by atomic mass is 35.5. The van der Waals surface area contributed by atoms with E-state index in [4.69, 9.17) is 26.1 Å². The van der Waals surface area contributed by atoms with E-state index in [1.807, 2.05) is 73.6 Å². The lowest BCUT2D eigenvalue weighted by atomic mass is 9.98. The highest BCUT2D eigenvalue weighted by molar-refractivity contribution is 7.20. The second-order valence-corrected chi connectivity index (χ2v) is 11.5. The quantitative estimate of drug-likeness (QED) is 0.268. The van der Waals surface area contributed by atoms with Crippen molar-refractivity contribution in [2.24, 2.45) is 5.41 Å². The van der Waals surface area contributed by atoms with Crippen LogP contribution >= 0.6 is 22.9 Å². The molecule has 0 aliphatic heterocycles. The Morgan fingerprint density at radius 1 is 1.11 bits per heavy atom. The van der Waals surface area contributed by atoms with Gasteiger partial charge in [0.25, 0.3) is 5.56 Å². The predicted molar refractivity (Wildman–Crippen MR) is 151 cm³/mol. The molecule has 0 N–H and O–H groups in total. The van der Waals surface area contributed by atoms with Crippen LogP contribution in [-0.4, -0.2) is 37.2 Å². The number of nitrogens with zero attached hydrogens (tertiary/aromatic N) is 3. The summed E-state index contributed by atoms with van der Waals surface area (Å²) >= 11 is 7.49. The minimum absolute atomic E-state index is 0.0204. The Hall–Kier alpha value is -3.29. The third-order valence-corrected chi connectivity index (χ3v) is 6.60. The Morgan fingerprint density at radius 2 is 1.83 bits per heavy atom. The molecule has 0 spiro atoms. The number of thiazole rings is 1. The van der Waals surface area contributed by atoms with E-state index in [0.29, 0.717) is 38.7 Å². The van der Waals surface area contributed by atoms with Crippen LogP contribution < -0.4 is 19.9 Å². The summed E-state index contributed by atoms with van der Waals surface area (Å²) in [6, 6.07) is 13.6. The smallest absolute Gasteiger partial charge is 0.267 e. The van der Waals surface area contributed by atoms with Crippen LogP contribution in [0.25, 0.3) is 28.2 Å². The standard InChI is InChI=1S/C28H30ClN3O3S/c1-28(2,3)17-35-25-19(8-7-9-22(25)34-6)12-15-21-24(18-10-13-20(14-11-18)31(4)5)26(33)32-16-23(29)36-27(32)30-21/h7-16H,17H2,1-6H3/b15-12+. The molecule has 0 aliphatic rings. The maximum Gasteiger partial charge on any atom is 0.267 e. The molecular formula is C28H30ClN3O3S. The molecular weight excluding hydrogens is 494 g/mol. The topological polar surface area (TPSA) is 56.1 Å². The van der Waals surface area contributed by atoms with Crippen LogP contribution in [0.1, 0.15) is 32.0 Å². The number of fused-ring (bicyclic) bond motifs is 1. The zero-order valence-electron chi connectivity index (χ0n) is 21.3. The zero-order valence-corrected chi connectivity index (χ0v) is 22.9. The normalized spacial score (nSPS) is 11.9. The van der Waals surface area contributed by atoms with E-state index in [9.17, 15) is 4.79 Å². The van der Waals surface area contributed by atoms with Gasteiger partial charge in [0, 0.05) is 31.5 Å². The minimum Gasteiger partial charge on any atom is -0.493 e. The van der Waals surface area contributed by atoms with Crippen molar-refractivity contribution in [2.75, 3.05) is 32.7 Å². The van der Waals surface area contributed by atoms with E-state index in [2.05, 4.69) is 20.8 Å². The molecule has 188 valence electrons. The maximum absolute atomic E-state index is 13.6. The van der Waals surface area contributed by atoms with Gasteiger partial charge >= 0.3 is 0 Å². The molecule has 0 aliphatic carbocycles. The first kappa shape index (κ1) is 25.8. The molecule has 0 bridgehead atoms. The first-order chi connectivity index (χ1) is 17.1. The van der Waals surface area contributed by atoms with Crippen LogP contribution in [0.3, 0.4) is 0 Å². The molecule has 0 amide bonds. The van der Waals surface area contributed by atoms with Crippen molar-refractivity contribution in [1.29, 1.82) is 0 Å². The number of halogens is 1. The molecule has 4 rings (SSSR count). The number of benzene rings is 2. The molecule has 8 heteroatoms. The molecule has 0 radical (unpaired) electrons. The van der Waals surface area contributed by atoms with Crippen molar-refractivity contribution in [3.8, 4) is 22.6 Å². The van der Waals surface area contributed by atoms with Crippen molar-refractivity contribution in [2.45, 2.75) is 20.8 Å². The summed E-state index contributed by atoms with van der Waals surface area (Å²) < 4.78 is 13.7. The molecule has 36 heavy (non-hydrogen) atoms. The molecule has 0 saturated carbocycles. The van der Waals surface area contributed by atoms with Gasteiger partial charge in [0.15, 0.2) is 16.5 Å². The average Bonchev–Trinajstić information content (AvgIpc) is 3.21. The molecule has 4 aromatic rings. The van der Waals surface area contributed by atoms with E-state index in [1.54, 1.807) is 13.3 Å². The largest absolute Gasteiger partial charge is 0.493 e. The Morgan fingerprint density at radius 3 is 2.47 bits per heavy atom. The van der Waals surface area contributed by atoms with Crippen LogP contribution in [-0.2, 0) is 0 Å². The Balaban J connectivity index is 1.84. The van der Waals surface area contributed by atoms with Crippen molar-refractivity contribution in [3.05, 3.63) is 74.6 Å². The molecule has 0 unspecified atom stereocenters. The molecule has 0 saturated heterocycles. The fraction of sp³-hybridized carbons (Fsp3) is 0.286. The number of rotatable bonds is 7. The van der Waals surface area contributed by atoms with Crippen LogP contribution in [0, 0.1) is 5.41 Å². The molecule has 6 nitrogen and oxygen atoms in total. The number of ether oxygens (including phenoxy) is 2. The predicted octanol–water partition coefficient (Wildman–Crippen LogP) is 6.75. The second-order valence-electron chi connectivity index (χ2n) is 9.87. The van der Waals surface area contributed by atoms with E-state index in [-0.39, 0.29) is 11.0 Å². The average molecular weight is 524 g/mol. The van der Waals surface area contributed by atoms with Gasteiger partial charge in [-0.05, 0) is 41.3 Å². The number of aromatic nitrogens is 2. The lowest BCUT2D eigenvalue weighted by molar-refractivity contribution is 0.191. The Kier molecular flexibility index (Phi) is 7.43. The van der Waals surface area contributed by atoms with Crippen molar-refractivity contribution in [1.82, 2.24) is 9.38 Å². The number of hydrogen-bond donors (Lipinski definition) is 0. The van der Waals surface area contributed by atoms with E-state index >= 15 is 0 Å². The minimum atomic E-state index is -0.171. The summed E-state index contributed by atoms with van der Waals surface area (Å²) in [6.45, 7) is 6.87. The van der Waals surface area contributed by atoms with Gasteiger partial charge in [-0.15, -0.1) is 0 Å². The van der Waals surface area contributed by atoms with Gasteiger partial charge in [-0.1, -0.05) is 68.0 Å². The summed E-state index contributed by atoms with van der Waals surface area (Å²) in [7, 11) is 5.58. The summed E-state index contributed by atoms with van der Waals surface area (Å²) in [5.41, 5.74) is 3.52. The summed E-state index contributed by atoms with van der Waals surface area (Å²) in [4.78, 5) is 20.9. The SMILES string of the molecule is COc1cccc(/C=C/c2nc3sc(Cl)cn3c(=O)c2-c2ccc(N(C)C)cc2)c1OCC(C)(C)C. The zero-order chi connectivity index (χ0) is 26.0. The second kappa shape index (κ2) is 10.4. The van der Waals surface area contributed by atoms with Gasteiger partial charge in [0.05, 0.1) is 25.0 Å².